The lowest BCUT2D eigenvalue weighted by Gasteiger charge is -2.16. The molecule has 0 saturated heterocycles. The molecule has 0 amide bonds. The second kappa shape index (κ2) is 7.12. The summed E-state index contributed by atoms with van der Waals surface area (Å²) in [7, 11) is -4.23. The van der Waals surface area contributed by atoms with Gasteiger partial charge in [-0.15, -0.1) is 13.2 Å². The summed E-state index contributed by atoms with van der Waals surface area (Å²) in [5.74, 6) is -0.773. The fourth-order valence-electron chi connectivity index (χ4n) is 2.19. The summed E-state index contributed by atoms with van der Waals surface area (Å²) in [4.78, 5) is -0.575. The van der Waals surface area contributed by atoms with Crippen molar-refractivity contribution in [3.8, 4) is 5.75 Å². The van der Waals surface area contributed by atoms with Crippen molar-refractivity contribution in [1.29, 1.82) is 0 Å². The van der Waals surface area contributed by atoms with Gasteiger partial charge in [0.2, 0.25) is 0 Å². The lowest BCUT2D eigenvalue weighted by molar-refractivity contribution is -0.275. The first-order valence-corrected chi connectivity index (χ1v) is 8.67. The van der Waals surface area contributed by atoms with Crippen molar-refractivity contribution in [3.05, 3.63) is 54.1 Å². The monoisotopic (exact) mass is 359 g/mol. The molecular weight excluding hydrogens is 343 g/mol. The largest absolute Gasteiger partial charge is 0.573 e. The third kappa shape index (κ3) is 4.64. The molecule has 0 fully saturated rings. The minimum Gasteiger partial charge on any atom is -0.404 e. The molecule has 0 bridgehead atoms. The molecule has 8 heteroatoms. The summed E-state index contributed by atoms with van der Waals surface area (Å²) in [6.45, 7) is 1.94. The number of sulfonamides is 1. The van der Waals surface area contributed by atoms with Crippen molar-refractivity contribution in [2.24, 2.45) is 0 Å². The zero-order valence-corrected chi connectivity index (χ0v) is 13.6. The lowest BCUT2D eigenvalue weighted by atomic mass is 10.1. The number of nitrogens with one attached hydrogen (secondary N) is 1. The fraction of sp³-hybridized carbons (Fsp3) is 0.250. The van der Waals surface area contributed by atoms with Gasteiger partial charge in [0.1, 0.15) is 10.6 Å². The Hall–Kier alpha value is -2.22. The SMILES string of the molecule is CCCc1ccccc1NS(=O)(=O)c1ccccc1OC(F)(F)F. The Balaban J connectivity index is 2.39. The molecule has 0 aromatic heterocycles. The van der Waals surface area contributed by atoms with E-state index in [1.807, 2.05) is 6.92 Å². The summed E-state index contributed by atoms with van der Waals surface area (Å²) in [6.07, 6.45) is -3.54. The van der Waals surface area contributed by atoms with Crippen molar-refractivity contribution < 1.29 is 26.3 Å². The molecule has 4 nitrogen and oxygen atoms in total. The number of rotatable bonds is 6. The van der Waals surface area contributed by atoms with Gasteiger partial charge >= 0.3 is 6.36 Å². The van der Waals surface area contributed by atoms with Crippen LogP contribution in [0.15, 0.2) is 53.4 Å². The normalized spacial score (nSPS) is 12.0. The van der Waals surface area contributed by atoms with Crippen LogP contribution >= 0.6 is 0 Å². The van der Waals surface area contributed by atoms with Crippen LogP contribution in [0.1, 0.15) is 18.9 Å². The number of aryl methyl sites for hydroxylation is 1. The first-order chi connectivity index (χ1) is 11.2. The number of para-hydroxylation sites is 2. The third-order valence-electron chi connectivity index (χ3n) is 3.15. The van der Waals surface area contributed by atoms with E-state index in [9.17, 15) is 21.6 Å². The van der Waals surface area contributed by atoms with Gasteiger partial charge in [0, 0.05) is 0 Å². The van der Waals surface area contributed by atoms with Crippen LogP contribution in [-0.4, -0.2) is 14.8 Å². The maximum atomic E-state index is 12.5. The molecule has 0 aliphatic carbocycles. The van der Waals surface area contributed by atoms with Gasteiger partial charge in [0.05, 0.1) is 5.69 Å². The third-order valence-corrected chi connectivity index (χ3v) is 4.55. The molecule has 0 spiro atoms. The van der Waals surface area contributed by atoms with E-state index in [1.165, 1.54) is 12.1 Å². The maximum Gasteiger partial charge on any atom is 0.573 e. The van der Waals surface area contributed by atoms with E-state index in [-0.39, 0.29) is 0 Å². The van der Waals surface area contributed by atoms with Crippen molar-refractivity contribution in [2.75, 3.05) is 4.72 Å². The van der Waals surface area contributed by atoms with Crippen molar-refractivity contribution >= 4 is 15.7 Å². The summed E-state index contributed by atoms with van der Waals surface area (Å²) >= 11 is 0. The molecule has 0 atom stereocenters. The molecule has 0 saturated carbocycles. The molecule has 1 N–H and O–H groups in total. The van der Waals surface area contributed by atoms with Crippen LogP contribution in [0.5, 0.6) is 5.75 Å². The average Bonchev–Trinajstić information content (AvgIpc) is 2.48. The van der Waals surface area contributed by atoms with E-state index in [0.717, 1.165) is 24.1 Å². The van der Waals surface area contributed by atoms with Crippen molar-refractivity contribution in [2.45, 2.75) is 31.0 Å². The number of benzene rings is 2. The molecule has 2 aromatic carbocycles. The number of alkyl halides is 3. The number of halogens is 3. The molecule has 0 unspecified atom stereocenters. The van der Waals surface area contributed by atoms with Crippen LogP contribution in [-0.2, 0) is 16.4 Å². The lowest BCUT2D eigenvalue weighted by Crippen LogP contribution is -2.21. The Kier molecular flexibility index (Phi) is 5.38. The zero-order chi connectivity index (χ0) is 17.8. The summed E-state index contributed by atoms with van der Waals surface area (Å²) in [6, 6.07) is 11.4. The van der Waals surface area contributed by atoms with Crippen LogP contribution in [0.4, 0.5) is 18.9 Å². The predicted molar refractivity (Wildman–Crippen MR) is 84.4 cm³/mol. The second-order valence-corrected chi connectivity index (χ2v) is 6.66. The van der Waals surface area contributed by atoms with E-state index < -0.39 is 27.0 Å². The molecule has 2 aromatic rings. The first-order valence-electron chi connectivity index (χ1n) is 7.18. The van der Waals surface area contributed by atoms with Crippen LogP contribution in [0.3, 0.4) is 0 Å². The van der Waals surface area contributed by atoms with Gasteiger partial charge in [-0.05, 0) is 30.2 Å². The standard InChI is InChI=1S/C16H16F3NO3S/c1-2-7-12-8-3-4-9-13(12)20-24(21,22)15-11-6-5-10-14(15)23-16(17,18)19/h3-6,8-11,20H,2,7H2,1H3. The average molecular weight is 359 g/mol. The van der Waals surface area contributed by atoms with Crippen LogP contribution in [0.25, 0.3) is 0 Å². The highest BCUT2D eigenvalue weighted by atomic mass is 32.2. The Bertz CT molecular complexity index is 804. The Morgan fingerprint density at radius 2 is 1.67 bits per heavy atom. The van der Waals surface area contributed by atoms with Crippen LogP contribution in [0, 0.1) is 0 Å². The summed E-state index contributed by atoms with van der Waals surface area (Å²) in [5, 5.41) is 0. The topological polar surface area (TPSA) is 55.4 Å². The van der Waals surface area contributed by atoms with E-state index >= 15 is 0 Å². The number of anilines is 1. The Labute approximate surface area is 138 Å². The predicted octanol–water partition coefficient (Wildman–Crippen LogP) is 4.34. The zero-order valence-electron chi connectivity index (χ0n) is 12.8. The Morgan fingerprint density at radius 3 is 2.33 bits per heavy atom. The summed E-state index contributed by atoms with van der Waals surface area (Å²) in [5.41, 5.74) is 1.10. The minimum atomic E-state index is -4.98. The first kappa shape index (κ1) is 18.1. The Morgan fingerprint density at radius 1 is 1.04 bits per heavy atom. The molecular formula is C16H16F3NO3S. The summed E-state index contributed by atoms with van der Waals surface area (Å²) < 4.78 is 68.6. The van der Waals surface area contributed by atoms with Gasteiger partial charge in [-0.1, -0.05) is 43.7 Å². The highest BCUT2D eigenvalue weighted by Crippen LogP contribution is 2.31. The van der Waals surface area contributed by atoms with Crippen LogP contribution in [0.2, 0.25) is 0 Å². The van der Waals surface area contributed by atoms with E-state index in [2.05, 4.69) is 9.46 Å². The highest BCUT2D eigenvalue weighted by Gasteiger charge is 2.34. The number of hydrogen-bond acceptors (Lipinski definition) is 3. The molecule has 0 radical (unpaired) electrons. The van der Waals surface area contributed by atoms with E-state index in [4.69, 9.17) is 0 Å². The van der Waals surface area contributed by atoms with Gasteiger partial charge in [0.15, 0.2) is 0 Å². The fourth-order valence-corrected chi connectivity index (χ4v) is 3.42. The van der Waals surface area contributed by atoms with Crippen LogP contribution < -0.4 is 9.46 Å². The molecule has 0 aliphatic heterocycles. The smallest absolute Gasteiger partial charge is 0.404 e. The van der Waals surface area contributed by atoms with Crippen molar-refractivity contribution in [1.82, 2.24) is 0 Å². The molecule has 0 heterocycles. The number of hydrogen-bond donors (Lipinski definition) is 1. The van der Waals surface area contributed by atoms with Gasteiger partial charge in [-0.3, -0.25) is 4.72 Å². The molecule has 130 valence electrons. The molecule has 0 aliphatic rings. The van der Waals surface area contributed by atoms with E-state index in [1.54, 1.807) is 24.3 Å². The van der Waals surface area contributed by atoms with Gasteiger partial charge in [-0.25, -0.2) is 8.42 Å². The maximum absolute atomic E-state index is 12.5. The second-order valence-electron chi connectivity index (χ2n) is 5.01. The van der Waals surface area contributed by atoms with E-state index in [0.29, 0.717) is 12.1 Å². The van der Waals surface area contributed by atoms with Gasteiger partial charge < -0.3 is 4.74 Å². The highest BCUT2D eigenvalue weighted by molar-refractivity contribution is 7.92. The minimum absolute atomic E-state index is 0.334. The molecule has 2 rings (SSSR count). The molecule has 24 heavy (non-hydrogen) atoms. The van der Waals surface area contributed by atoms with Crippen molar-refractivity contribution in [3.63, 3.8) is 0 Å². The number of ether oxygens (including phenoxy) is 1. The van der Waals surface area contributed by atoms with Gasteiger partial charge in [-0.2, -0.15) is 0 Å². The quantitative estimate of drug-likeness (QED) is 0.835. The van der Waals surface area contributed by atoms with Gasteiger partial charge in [0.25, 0.3) is 10.0 Å².